The number of amides is 2. The highest BCUT2D eigenvalue weighted by atomic mass is 32.1. The van der Waals surface area contributed by atoms with E-state index in [0.717, 1.165) is 44.0 Å². The van der Waals surface area contributed by atoms with E-state index in [-0.39, 0.29) is 0 Å². The van der Waals surface area contributed by atoms with Gasteiger partial charge >= 0.3 is 0 Å². The zero-order valence-corrected chi connectivity index (χ0v) is 19.3. The quantitative estimate of drug-likeness (QED) is 0.290. The van der Waals surface area contributed by atoms with Gasteiger partial charge in [0.05, 0.1) is 13.2 Å². The second-order valence-electron chi connectivity index (χ2n) is 7.81. The first-order valence-electron chi connectivity index (χ1n) is 10.9. The molecule has 1 atom stereocenters. The van der Waals surface area contributed by atoms with E-state index in [9.17, 15) is 9.59 Å². The smallest absolute Gasteiger partial charge is 0.271 e. The summed E-state index contributed by atoms with van der Waals surface area (Å²) in [5.74, 6) is 5.15. The summed E-state index contributed by atoms with van der Waals surface area (Å²) in [5, 5.41) is 13.4. The van der Waals surface area contributed by atoms with Crippen molar-refractivity contribution >= 4 is 23.2 Å². The van der Waals surface area contributed by atoms with Gasteiger partial charge in [0.15, 0.2) is 0 Å². The van der Waals surface area contributed by atoms with Crippen molar-refractivity contribution in [1.82, 2.24) is 15.7 Å². The van der Waals surface area contributed by atoms with Gasteiger partial charge in [0.25, 0.3) is 11.8 Å². The van der Waals surface area contributed by atoms with Crippen molar-refractivity contribution < 1.29 is 19.5 Å². The van der Waals surface area contributed by atoms with Crippen LogP contribution in [-0.4, -0.2) is 48.2 Å². The molecule has 2 heterocycles. The van der Waals surface area contributed by atoms with Crippen LogP contribution in [0.15, 0.2) is 66.0 Å². The molecule has 1 aromatic heterocycles. The lowest BCUT2D eigenvalue weighted by atomic mass is 10.1. The maximum atomic E-state index is 12.6. The van der Waals surface area contributed by atoms with Crippen LogP contribution in [-0.2, 0) is 16.1 Å². The summed E-state index contributed by atoms with van der Waals surface area (Å²) in [4.78, 5) is 27.6. The van der Waals surface area contributed by atoms with E-state index in [4.69, 9.17) is 9.94 Å². The molecule has 1 aliphatic heterocycles. The number of morpholine rings is 1. The first-order valence-corrected chi connectivity index (χ1v) is 11.8. The number of carbonyl (C=O) groups is 2. The van der Waals surface area contributed by atoms with Gasteiger partial charge in [-0.05, 0) is 53.4 Å². The SMILES string of the molecule is O=C(N[C@H](C(=O)NO)c1cccs1)c1ccc(C#Cc2ccc(CN3CCOCC3)cc2)cc1. The first kappa shape index (κ1) is 23.7. The Bertz CT molecular complexity index is 1160. The van der Waals surface area contributed by atoms with Gasteiger partial charge in [0.1, 0.15) is 6.04 Å². The van der Waals surface area contributed by atoms with E-state index in [1.807, 2.05) is 12.1 Å². The van der Waals surface area contributed by atoms with E-state index in [2.05, 4.69) is 34.2 Å². The molecule has 2 amide bonds. The van der Waals surface area contributed by atoms with E-state index in [1.165, 1.54) is 16.9 Å². The van der Waals surface area contributed by atoms with E-state index in [1.54, 1.807) is 47.3 Å². The van der Waals surface area contributed by atoms with Gasteiger partial charge in [0, 0.05) is 41.2 Å². The fourth-order valence-corrected chi connectivity index (χ4v) is 4.33. The van der Waals surface area contributed by atoms with Crippen molar-refractivity contribution in [3.05, 3.63) is 93.2 Å². The van der Waals surface area contributed by atoms with E-state index < -0.39 is 17.9 Å². The fraction of sp³-hybridized carbons (Fsp3) is 0.231. The molecule has 8 heteroatoms. The van der Waals surface area contributed by atoms with Gasteiger partial charge in [-0.3, -0.25) is 19.7 Å². The largest absolute Gasteiger partial charge is 0.379 e. The minimum absolute atomic E-state index is 0.394. The summed E-state index contributed by atoms with van der Waals surface area (Å²) in [6.07, 6.45) is 0. The Kier molecular flexibility index (Phi) is 8.07. The molecule has 7 nitrogen and oxygen atoms in total. The molecule has 2 aromatic carbocycles. The topological polar surface area (TPSA) is 90.9 Å². The molecule has 1 aliphatic rings. The molecule has 4 rings (SSSR count). The molecule has 0 radical (unpaired) electrons. The summed E-state index contributed by atoms with van der Waals surface area (Å²) < 4.78 is 5.39. The standard InChI is InChI=1S/C26H25N3O4S/c30-25(27-24(26(31)28-32)23-2-1-17-34-23)22-11-9-20(10-12-22)4-3-19-5-7-21(8-6-19)18-29-13-15-33-16-14-29/h1-2,5-12,17,24,32H,13-16,18H2,(H,27,30)(H,28,31)/t24-/m0/s1. The highest BCUT2D eigenvalue weighted by molar-refractivity contribution is 7.10. The van der Waals surface area contributed by atoms with Crippen molar-refractivity contribution in [2.24, 2.45) is 0 Å². The lowest BCUT2D eigenvalue weighted by Crippen LogP contribution is -2.38. The van der Waals surface area contributed by atoms with Gasteiger partial charge in [-0.2, -0.15) is 0 Å². The molecule has 3 aromatic rings. The highest BCUT2D eigenvalue weighted by Gasteiger charge is 2.23. The summed E-state index contributed by atoms with van der Waals surface area (Å²) in [5.41, 5.74) is 4.94. The van der Waals surface area contributed by atoms with E-state index >= 15 is 0 Å². The van der Waals surface area contributed by atoms with Gasteiger partial charge < -0.3 is 10.1 Å². The summed E-state index contributed by atoms with van der Waals surface area (Å²) >= 11 is 1.32. The third kappa shape index (κ3) is 6.31. The minimum Gasteiger partial charge on any atom is -0.379 e. The Balaban J connectivity index is 1.36. The number of carbonyl (C=O) groups excluding carboxylic acids is 2. The second-order valence-corrected chi connectivity index (χ2v) is 8.79. The minimum atomic E-state index is -0.969. The summed E-state index contributed by atoms with van der Waals surface area (Å²) in [7, 11) is 0. The van der Waals surface area contributed by atoms with Gasteiger partial charge in [0.2, 0.25) is 0 Å². The molecule has 0 unspecified atom stereocenters. The molecule has 0 saturated carbocycles. The first-order chi connectivity index (χ1) is 16.6. The van der Waals surface area contributed by atoms with Gasteiger partial charge in [-0.25, -0.2) is 5.48 Å². The number of hydrogen-bond donors (Lipinski definition) is 3. The van der Waals surface area contributed by atoms with Crippen LogP contribution in [0.1, 0.15) is 38.0 Å². The van der Waals surface area contributed by atoms with Crippen molar-refractivity contribution in [2.75, 3.05) is 26.3 Å². The predicted octanol–water partition coefficient (Wildman–Crippen LogP) is 2.96. The van der Waals surface area contributed by atoms with Crippen LogP contribution < -0.4 is 10.8 Å². The van der Waals surface area contributed by atoms with Crippen LogP contribution in [0.4, 0.5) is 0 Å². The molecule has 1 fully saturated rings. The molecule has 174 valence electrons. The molecule has 0 bridgehead atoms. The van der Waals surface area contributed by atoms with Crippen LogP contribution in [0.25, 0.3) is 0 Å². The van der Waals surface area contributed by atoms with Gasteiger partial charge in [-0.1, -0.05) is 30.0 Å². The number of ether oxygens (including phenoxy) is 1. The lowest BCUT2D eigenvalue weighted by Gasteiger charge is -2.26. The summed E-state index contributed by atoms with van der Waals surface area (Å²) in [6, 6.07) is 17.6. The molecular weight excluding hydrogens is 450 g/mol. The van der Waals surface area contributed by atoms with Crippen LogP contribution in [0.5, 0.6) is 0 Å². The van der Waals surface area contributed by atoms with Crippen LogP contribution in [0.2, 0.25) is 0 Å². The molecule has 0 aliphatic carbocycles. The monoisotopic (exact) mass is 475 g/mol. The highest BCUT2D eigenvalue weighted by Crippen LogP contribution is 2.20. The molecule has 1 saturated heterocycles. The number of rotatable bonds is 6. The van der Waals surface area contributed by atoms with Crippen LogP contribution in [0, 0.1) is 11.8 Å². The Labute approximate surface area is 202 Å². The lowest BCUT2D eigenvalue weighted by molar-refractivity contribution is -0.131. The number of hydroxylamine groups is 1. The number of nitrogens with one attached hydrogen (secondary N) is 2. The Hall–Kier alpha value is -3.48. The van der Waals surface area contributed by atoms with E-state index in [0.29, 0.717) is 10.4 Å². The number of thiophene rings is 1. The van der Waals surface area contributed by atoms with Crippen molar-refractivity contribution in [3.8, 4) is 11.8 Å². The fourth-order valence-electron chi connectivity index (χ4n) is 3.56. The maximum Gasteiger partial charge on any atom is 0.271 e. The molecule has 3 N–H and O–H groups in total. The Morgan fingerprint density at radius 1 is 1.00 bits per heavy atom. The zero-order valence-electron chi connectivity index (χ0n) is 18.5. The van der Waals surface area contributed by atoms with Crippen molar-refractivity contribution in [1.29, 1.82) is 0 Å². The Morgan fingerprint density at radius 2 is 1.65 bits per heavy atom. The second kappa shape index (κ2) is 11.6. The van der Waals surface area contributed by atoms with Crippen LogP contribution >= 0.6 is 11.3 Å². The van der Waals surface area contributed by atoms with Gasteiger partial charge in [-0.15, -0.1) is 11.3 Å². The van der Waals surface area contributed by atoms with Crippen molar-refractivity contribution in [2.45, 2.75) is 12.6 Å². The molecule has 0 spiro atoms. The average Bonchev–Trinajstić information content (AvgIpc) is 3.42. The Morgan fingerprint density at radius 3 is 2.24 bits per heavy atom. The third-order valence-corrected chi connectivity index (χ3v) is 6.37. The molecular formula is C26H25N3O4S. The maximum absolute atomic E-state index is 12.6. The predicted molar refractivity (Wildman–Crippen MR) is 129 cm³/mol. The number of hydrogen-bond acceptors (Lipinski definition) is 6. The van der Waals surface area contributed by atoms with Crippen molar-refractivity contribution in [3.63, 3.8) is 0 Å². The van der Waals surface area contributed by atoms with Crippen LogP contribution in [0.3, 0.4) is 0 Å². The number of nitrogens with zero attached hydrogens (tertiary/aromatic N) is 1. The zero-order chi connectivity index (χ0) is 23.8. The number of benzene rings is 2. The normalized spacial score (nSPS) is 14.5. The average molecular weight is 476 g/mol. The summed E-state index contributed by atoms with van der Waals surface area (Å²) in [6.45, 7) is 4.40. The molecule has 34 heavy (non-hydrogen) atoms. The third-order valence-electron chi connectivity index (χ3n) is 5.44.